The van der Waals surface area contributed by atoms with Gasteiger partial charge in [-0.3, -0.25) is 10.1 Å². The highest BCUT2D eigenvalue weighted by atomic mass is 32.2. The number of hydrogen-bond acceptors (Lipinski definition) is 5. The van der Waals surface area contributed by atoms with Gasteiger partial charge in [0.05, 0.1) is 9.82 Å². The number of nitro groups is 1. The van der Waals surface area contributed by atoms with Gasteiger partial charge < -0.3 is 10.0 Å². The van der Waals surface area contributed by atoms with Crippen molar-refractivity contribution in [3.63, 3.8) is 0 Å². The zero-order chi connectivity index (χ0) is 17.2. The smallest absolute Gasteiger partial charge is 0.407 e. The summed E-state index contributed by atoms with van der Waals surface area (Å²) >= 11 is 0. The summed E-state index contributed by atoms with van der Waals surface area (Å²) in [5.41, 5.74) is -0.190. The van der Waals surface area contributed by atoms with Crippen LogP contribution >= 0.6 is 0 Å². The third-order valence-corrected chi connectivity index (χ3v) is 5.85. The van der Waals surface area contributed by atoms with Crippen LogP contribution < -0.4 is 0 Å². The number of nitro benzene ring substituents is 1. The maximum Gasteiger partial charge on any atom is 0.407 e. The van der Waals surface area contributed by atoms with Crippen LogP contribution in [-0.2, 0) is 10.0 Å². The number of amides is 1. The summed E-state index contributed by atoms with van der Waals surface area (Å²) in [6.07, 6.45) is -0.650. The Labute approximate surface area is 133 Å². The predicted octanol–water partition coefficient (Wildman–Crippen LogP) is 1.36. The number of likely N-dealkylation sites (tertiary alicyclic amines) is 1. The molecule has 1 N–H and O–H groups in total. The van der Waals surface area contributed by atoms with E-state index in [1.54, 1.807) is 6.92 Å². The van der Waals surface area contributed by atoms with Gasteiger partial charge in [-0.2, -0.15) is 4.31 Å². The Hall–Kier alpha value is -2.20. The molecule has 0 unspecified atom stereocenters. The average Bonchev–Trinajstić information content (AvgIpc) is 2.97. The van der Waals surface area contributed by atoms with Gasteiger partial charge in [-0.1, -0.05) is 6.92 Å². The Morgan fingerprint density at radius 2 is 2.04 bits per heavy atom. The average molecular weight is 343 g/mol. The monoisotopic (exact) mass is 343 g/mol. The summed E-state index contributed by atoms with van der Waals surface area (Å²) < 4.78 is 26.6. The predicted molar refractivity (Wildman–Crippen MR) is 80.7 cm³/mol. The topological polar surface area (TPSA) is 121 Å². The van der Waals surface area contributed by atoms with E-state index in [0.717, 1.165) is 12.1 Å². The minimum atomic E-state index is -3.84. The molecule has 1 amide bonds. The molecule has 9 nitrogen and oxygen atoms in total. The minimum Gasteiger partial charge on any atom is -0.465 e. The molecule has 1 atom stereocenters. The molecule has 0 radical (unpaired) electrons. The van der Waals surface area contributed by atoms with Crippen molar-refractivity contribution in [2.75, 3.05) is 19.6 Å². The molecule has 1 aliphatic heterocycles. The molecule has 1 fully saturated rings. The zero-order valence-electron chi connectivity index (χ0n) is 12.5. The molecule has 0 saturated carbocycles. The first kappa shape index (κ1) is 17.2. The summed E-state index contributed by atoms with van der Waals surface area (Å²) in [4.78, 5) is 22.2. The van der Waals surface area contributed by atoms with Crippen molar-refractivity contribution < 1.29 is 23.2 Å². The minimum absolute atomic E-state index is 0.0428. The van der Waals surface area contributed by atoms with Crippen molar-refractivity contribution in [3.05, 3.63) is 34.4 Å². The highest BCUT2D eigenvalue weighted by Crippen LogP contribution is 2.25. The molecule has 10 heteroatoms. The van der Waals surface area contributed by atoms with Gasteiger partial charge in [-0.15, -0.1) is 0 Å². The van der Waals surface area contributed by atoms with E-state index in [1.807, 2.05) is 0 Å². The van der Waals surface area contributed by atoms with Gasteiger partial charge >= 0.3 is 6.09 Å². The van der Waals surface area contributed by atoms with E-state index < -0.39 is 27.1 Å². The van der Waals surface area contributed by atoms with Crippen LogP contribution in [0, 0.1) is 10.1 Å². The number of sulfonamides is 1. The SMILES string of the molecule is CCN([C@@H]1CCN(C(=O)O)C1)S(=O)(=O)c1ccc([N+](=O)[O-])cc1. The van der Waals surface area contributed by atoms with E-state index in [9.17, 15) is 23.3 Å². The summed E-state index contributed by atoms with van der Waals surface area (Å²) in [5, 5.41) is 19.6. The number of nitrogens with zero attached hydrogens (tertiary/aromatic N) is 3. The van der Waals surface area contributed by atoms with Gasteiger partial charge in [0.15, 0.2) is 0 Å². The number of hydrogen-bond donors (Lipinski definition) is 1. The molecule has 0 aromatic heterocycles. The highest BCUT2D eigenvalue weighted by Gasteiger charge is 2.36. The number of carboxylic acid groups (broad SMARTS) is 1. The van der Waals surface area contributed by atoms with Crippen LogP contribution in [0.1, 0.15) is 13.3 Å². The van der Waals surface area contributed by atoms with Crippen LogP contribution in [0.5, 0.6) is 0 Å². The lowest BCUT2D eigenvalue weighted by molar-refractivity contribution is -0.384. The first-order valence-corrected chi connectivity index (χ1v) is 8.45. The van der Waals surface area contributed by atoms with E-state index in [4.69, 9.17) is 5.11 Å². The standard InChI is InChI=1S/C13H17N3O6S/c1-2-15(11-7-8-14(9-11)13(17)18)23(21,22)12-5-3-10(4-6-12)16(19)20/h3-6,11H,2,7-9H2,1H3,(H,17,18)/t11-/m1/s1. The second-order valence-electron chi connectivity index (χ2n) is 5.13. The molecular weight excluding hydrogens is 326 g/mol. The normalized spacial score (nSPS) is 18.3. The Bertz CT molecular complexity index is 703. The molecule has 0 spiro atoms. The third kappa shape index (κ3) is 3.42. The van der Waals surface area contributed by atoms with E-state index in [2.05, 4.69) is 0 Å². The lowest BCUT2D eigenvalue weighted by atomic mass is 10.3. The van der Waals surface area contributed by atoms with Gasteiger partial charge in [-0.05, 0) is 18.6 Å². The Balaban J connectivity index is 2.25. The summed E-state index contributed by atoms with van der Waals surface area (Å²) in [6, 6.07) is 4.23. The largest absolute Gasteiger partial charge is 0.465 e. The molecule has 23 heavy (non-hydrogen) atoms. The first-order chi connectivity index (χ1) is 10.8. The Morgan fingerprint density at radius 1 is 1.43 bits per heavy atom. The van der Waals surface area contributed by atoms with E-state index in [-0.39, 0.29) is 30.2 Å². The number of rotatable bonds is 5. The zero-order valence-corrected chi connectivity index (χ0v) is 13.3. The number of non-ortho nitro benzene ring substituents is 1. The quantitative estimate of drug-likeness (QED) is 0.636. The van der Waals surface area contributed by atoms with Gasteiger partial charge in [-0.25, -0.2) is 13.2 Å². The molecule has 0 bridgehead atoms. The Morgan fingerprint density at radius 3 is 2.48 bits per heavy atom. The fourth-order valence-corrected chi connectivity index (χ4v) is 4.31. The van der Waals surface area contributed by atoms with Crippen molar-refractivity contribution in [3.8, 4) is 0 Å². The second-order valence-corrected chi connectivity index (χ2v) is 7.02. The van der Waals surface area contributed by atoms with Crippen molar-refractivity contribution in [2.45, 2.75) is 24.3 Å². The van der Waals surface area contributed by atoms with Crippen LogP contribution in [0.4, 0.5) is 10.5 Å². The summed E-state index contributed by atoms with van der Waals surface area (Å²) in [7, 11) is -3.84. The second kappa shape index (κ2) is 6.50. The van der Waals surface area contributed by atoms with Crippen LogP contribution in [0.3, 0.4) is 0 Å². The van der Waals surface area contributed by atoms with E-state index in [0.29, 0.717) is 6.42 Å². The maximum absolute atomic E-state index is 12.7. The van der Waals surface area contributed by atoms with Gasteiger partial charge in [0.1, 0.15) is 0 Å². The Kier molecular flexibility index (Phi) is 4.85. The van der Waals surface area contributed by atoms with Gasteiger partial charge in [0.2, 0.25) is 10.0 Å². The van der Waals surface area contributed by atoms with Crippen molar-refractivity contribution in [1.29, 1.82) is 0 Å². The summed E-state index contributed by atoms with van der Waals surface area (Å²) in [5.74, 6) is 0. The van der Waals surface area contributed by atoms with Crippen LogP contribution in [0.2, 0.25) is 0 Å². The molecule has 2 rings (SSSR count). The summed E-state index contributed by atoms with van der Waals surface area (Å²) in [6.45, 7) is 2.27. The fourth-order valence-electron chi connectivity index (χ4n) is 2.65. The van der Waals surface area contributed by atoms with Gasteiger partial charge in [0, 0.05) is 37.8 Å². The van der Waals surface area contributed by atoms with Crippen LogP contribution in [-0.4, -0.2) is 59.4 Å². The third-order valence-electron chi connectivity index (χ3n) is 3.81. The van der Waals surface area contributed by atoms with Gasteiger partial charge in [0.25, 0.3) is 5.69 Å². The van der Waals surface area contributed by atoms with Crippen molar-refractivity contribution in [1.82, 2.24) is 9.21 Å². The fraction of sp³-hybridized carbons (Fsp3) is 0.462. The molecule has 1 aliphatic rings. The molecule has 126 valence electrons. The van der Waals surface area contributed by atoms with Crippen LogP contribution in [0.15, 0.2) is 29.2 Å². The molecule has 1 saturated heterocycles. The number of carbonyl (C=O) groups is 1. The molecular formula is C13H17N3O6S. The van der Waals surface area contributed by atoms with Crippen molar-refractivity contribution in [2.24, 2.45) is 0 Å². The van der Waals surface area contributed by atoms with E-state index in [1.165, 1.54) is 21.3 Å². The number of likely N-dealkylation sites (N-methyl/N-ethyl adjacent to an activating group) is 1. The lowest BCUT2D eigenvalue weighted by Crippen LogP contribution is -2.42. The highest BCUT2D eigenvalue weighted by molar-refractivity contribution is 7.89. The number of benzene rings is 1. The molecule has 0 aliphatic carbocycles. The molecule has 1 aromatic carbocycles. The van der Waals surface area contributed by atoms with E-state index >= 15 is 0 Å². The first-order valence-electron chi connectivity index (χ1n) is 7.01. The molecule has 1 heterocycles. The van der Waals surface area contributed by atoms with Crippen LogP contribution in [0.25, 0.3) is 0 Å². The maximum atomic E-state index is 12.7. The van der Waals surface area contributed by atoms with Crippen molar-refractivity contribution >= 4 is 21.8 Å². The lowest BCUT2D eigenvalue weighted by Gasteiger charge is -2.26. The molecule has 1 aromatic rings.